The number of furan rings is 2. The van der Waals surface area contributed by atoms with Crippen LogP contribution in [0.25, 0.3) is 21.9 Å². The summed E-state index contributed by atoms with van der Waals surface area (Å²) in [5.74, 6) is 1.20. The highest BCUT2D eigenvalue weighted by molar-refractivity contribution is 6.07. The summed E-state index contributed by atoms with van der Waals surface area (Å²) in [6.45, 7) is 7.99. The number of rotatable bonds is 4. The van der Waals surface area contributed by atoms with E-state index in [0.29, 0.717) is 28.1 Å². The fourth-order valence-electron chi connectivity index (χ4n) is 3.66. The normalized spacial score (nSPS) is 11.4. The minimum absolute atomic E-state index is 0.0706. The van der Waals surface area contributed by atoms with Crippen molar-refractivity contribution in [1.82, 2.24) is 5.32 Å². The topological polar surface area (TPSA) is 85.6 Å². The fourth-order valence-corrected chi connectivity index (χ4v) is 3.66. The predicted molar refractivity (Wildman–Crippen MR) is 105 cm³/mol. The van der Waals surface area contributed by atoms with Gasteiger partial charge in [0.1, 0.15) is 22.7 Å². The lowest BCUT2D eigenvalue weighted by atomic mass is 9.98. The Bertz CT molecular complexity index is 1260. The Morgan fingerprint density at radius 3 is 2.57 bits per heavy atom. The van der Waals surface area contributed by atoms with Crippen LogP contribution in [-0.4, -0.2) is 5.91 Å². The van der Waals surface area contributed by atoms with E-state index in [4.69, 9.17) is 13.3 Å². The van der Waals surface area contributed by atoms with Gasteiger partial charge in [0.25, 0.3) is 0 Å². The van der Waals surface area contributed by atoms with Crippen LogP contribution in [-0.2, 0) is 17.8 Å². The van der Waals surface area contributed by atoms with Crippen LogP contribution in [0.15, 0.2) is 42.5 Å². The van der Waals surface area contributed by atoms with Crippen LogP contribution < -0.4 is 10.9 Å². The molecule has 28 heavy (non-hydrogen) atoms. The Morgan fingerprint density at radius 2 is 1.86 bits per heavy atom. The molecule has 3 aromatic heterocycles. The minimum Gasteiger partial charge on any atom is -0.467 e. The Morgan fingerprint density at radius 1 is 1.07 bits per heavy atom. The number of hydrogen-bond donors (Lipinski definition) is 1. The van der Waals surface area contributed by atoms with Crippen LogP contribution >= 0.6 is 0 Å². The molecule has 144 valence electrons. The summed E-state index contributed by atoms with van der Waals surface area (Å²) in [6, 6.07) is 5.38. The molecule has 0 atom stereocenters. The van der Waals surface area contributed by atoms with Crippen molar-refractivity contribution in [3.8, 4) is 0 Å². The van der Waals surface area contributed by atoms with Crippen molar-refractivity contribution in [1.29, 1.82) is 0 Å². The Kier molecular flexibility index (Phi) is 4.34. The molecule has 6 heteroatoms. The third-order valence-electron chi connectivity index (χ3n) is 5.25. The summed E-state index contributed by atoms with van der Waals surface area (Å²) in [4.78, 5) is 24.9. The van der Waals surface area contributed by atoms with E-state index < -0.39 is 5.63 Å². The number of hydrogen-bond acceptors (Lipinski definition) is 5. The maximum atomic E-state index is 12.5. The van der Waals surface area contributed by atoms with E-state index in [9.17, 15) is 9.59 Å². The molecule has 4 aromatic rings. The largest absolute Gasteiger partial charge is 0.467 e. The summed E-state index contributed by atoms with van der Waals surface area (Å²) >= 11 is 0. The Labute approximate surface area is 161 Å². The van der Waals surface area contributed by atoms with Gasteiger partial charge in [-0.2, -0.15) is 0 Å². The second kappa shape index (κ2) is 6.71. The van der Waals surface area contributed by atoms with Gasteiger partial charge in [0, 0.05) is 5.39 Å². The van der Waals surface area contributed by atoms with Gasteiger partial charge in [-0.3, -0.25) is 4.79 Å². The summed E-state index contributed by atoms with van der Waals surface area (Å²) in [6.07, 6.45) is 1.48. The van der Waals surface area contributed by atoms with Gasteiger partial charge in [0.15, 0.2) is 0 Å². The molecule has 0 saturated carbocycles. The molecule has 0 aliphatic heterocycles. The van der Waals surface area contributed by atoms with Crippen LogP contribution in [0, 0.1) is 27.7 Å². The first-order valence-electron chi connectivity index (χ1n) is 9.11. The first-order valence-corrected chi connectivity index (χ1v) is 9.11. The number of nitrogens with one attached hydrogen (secondary N) is 1. The molecule has 0 bridgehead atoms. The average Bonchev–Trinajstić information content (AvgIpc) is 3.25. The van der Waals surface area contributed by atoms with Gasteiger partial charge in [-0.1, -0.05) is 0 Å². The minimum atomic E-state index is -0.503. The van der Waals surface area contributed by atoms with Gasteiger partial charge < -0.3 is 18.6 Å². The number of benzene rings is 1. The van der Waals surface area contributed by atoms with Crippen molar-refractivity contribution in [2.24, 2.45) is 0 Å². The third kappa shape index (κ3) is 2.91. The standard InChI is InChI=1S/C22H21NO5/c1-11-8-17-20(21-19(11)12(2)14(4)27-21)13(3)16(22(25)28-17)9-18(24)23-10-15-6-5-7-26-15/h5-8H,9-10H2,1-4H3,(H,23,24). The van der Waals surface area contributed by atoms with E-state index in [1.54, 1.807) is 18.4 Å². The van der Waals surface area contributed by atoms with Crippen molar-refractivity contribution in [2.45, 2.75) is 40.7 Å². The molecule has 0 radical (unpaired) electrons. The summed E-state index contributed by atoms with van der Waals surface area (Å²) in [5, 5.41) is 4.52. The number of carbonyl (C=O) groups excluding carboxylic acids is 1. The Balaban J connectivity index is 1.77. The summed E-state index contributed by atoms with van der Waals surface area (Å²) in [7, 11) is 0. The second-order valence-corrected chi connectivity index (χ2v) is 7.08. The first-order chi connectivity index (χ1) is 13.4. The van der Waals surface area contributed by atoms with E-state index in [0.717, 1.165) is 27.7 Å². The van der Waals surface area contributed by atoms with Gasteiger partial charge in [-0.25, -0.2) is 4.79 Å². The number of fused-ring (bicyclic) bond motifs is 3. The summed E-state index contributed by atoms with van der Waals surface area (Å²) in [5.41, 5.74) is 3.77. The molecule has 1 aromatic carbocycles. The van der Waals surface area contributed by atoms with Gasteiger partial charge in [0.05, 0.1) is 30.2 Å². The first kappa shape index (κ1) is 18.1. The van der Waals surface area contributed by atoms with Crippen LogP contribution in [0.3, 0.4) is 0 Å². The summed E-state index contributed by atoms with van der Waals surface area (Å²) < 4.78 is 16.7. The molecule has 0 saturated heterocycles. The molecule has 0 aliphatic carbocycles. The smallest absolute Gasteiger partial charge is 0.340 e. The maximum absolute atomic E-state index is 12.5. The lowest BCUT2D eigenvalue weighted by molar-refractivity contribution is -0.120. The second-order valence-electron chi connectivity index (χ2n) is 7.08. The van der Waals surface area contributed by atoms with E-state index >= 15 is 0 Å². The highest BCUT2D eigenvalue weighted by atomic mass is 16.4. The predicted octanol–water partition coefficient (Wildman–Crippen LogP) is 4.22. The molecular formula is C22H21NO5. The van der Waals surface area contributed by atoms with Crippen LogP contribution in [0.1, 0.15) is 33.8 Å². The average molecular weight is 379 g/mol. The maximum Gasteiger partial charge on any atom is 0.340 e. The molecule has 3 heterocycles. The molecule has 4 rings (SSSR count). The molecule has 1 N–H and O–H groups in total. The Hall–Kier alpha value is -3.28. The van der Waals surface area contributed by atoms with Crippen molar-refractivity contribution < 1.29 is 18.0 Å². The molecule has 0 fully saturated rings. The monoisotopic (exact) mass is 379 g/mol. The highest BCUT2D eigenvalue weighted by Crippen LogP contribution is 2.36. The van der Waals surface area contributed by atoms with Crippen molar-refractivity contribution in [3.05, 3.63) is 68.7 Å². The third-order valence-corrected chi connectivity index (χ3v) is 5.25. The van der Waals surface area contributed by atoms with Crippen molar-refractivity contribution >= 4 is 27.8 Å². The lowest BCUT2D eigenvalue weighted by Gasteiger charge is -2.10. The quantitative estimate of drug-likeness (QED) is 0.537. The van der Waals surface area contributed by atoms with E-state index in [-0.39, 0.29) is 18.9 Å². The van der Waals surface area contributed by atoms with Crippen LogP contribution in [0.4, 0.5) is 0 Å². The zero-order chi connectivity index (χ0) is 20.0. The van der Waals surface area contributed by atoms with E-state index in [1.807, 2.05) is 33.8 Å². The van der Waals surface area contributed by atoms with E-state index in [1.165, 1.54) is 0 Å². The van der Waals surface area contributed by atoms with Crippen LogP contribution in [0.5, 0.6) is 0 Å². The molecule has 0 spiro atoms. The zero-order valence-corrected chi connectivity index (χ0v) is 16.3. The molecule has 0 unspecified atom stereocenters. The molecule has 0 aliphatic rings. The highest BCUT2D eigenvalue weighted by Gasteiger charge is 2.21. The fraction of sp³-hybridized carbons (Fsp3) is 0.273. The SMILES string of the molecule is Cc1oc2c(c(C)cc3oc(=O)c(CC(=O)NCc4ccco4)c(C)c32)c1C. The molecule has 1 amide bonds. The number of carbonyl (C=O) groups is 1. The number of amides is 1. The van der Waals surface area contributed by atoms with Gasteiger partial charge in [0.2, 0.25) is 5.91 Å². The van der Waals surface area contributed by atoms with E-state index in [2.05, 4.69) is 5.32 Å². The molecular weight excluding hydrogens is 358 g/mol. The van der Waals surface area contributed by atoms with Gasteiger partial charge >= 0.3 is 5.63 Å². The molecule has 6 nitrogen and oxygen atoms in total. The van der Waals surface area contributed by atoms with Crippen molar-refractivity contribution in [2.75, 3.05) is 0 Å². The van der Waals surface area contributed by atoms with Crippen molar-refractivity contribution in [3.63, 3.8) is 0 Å². The zero-order valence-electron chi connectivity index (χ0n) is 16.3. The van der Waals surface area contributed by atoms with Crippen LogP contribution in [0.2, 0.25) is 0 Å². The van der Waals surface area contributed by atoms with Gasteiger partial charge in [-0.05, 0) is 62.6 Å². The van der Waals surface area contributed by atoms with Gasteiger partial charge in [-0.15, -0.1) is 0 Å². The number of aryl methyl sites for hydroxylation is 4. The lowest BCUT2D eigenvalue weighted by Crippen LogP contribution is -2.27.